The van der Waals surface area contributed by atoms with Gasteiger partial charge in [0.25, 0.3) is 0 Å². The Morgan fingerprint density at radius 2 is 2.05 bits per heavy atom. The lowest BCUT2D eigenvalue weighted by Gasteiger charge is -2.29. The van der Waals surface area contributed by atoms with Gasteiger partial charge in [0.15, 0.2) is 0 Å². The highest BCUT2D eigenvalue weighted by atomic mass is 79.9. The molecule has 3 nitrogen and oxygen atoms in total. The molecule has 1 N–H and O–H groups in total. The number of hydrogen-bond acceptors (Lipinski definition) is 2. The second-order valence-corrected chi connectivity index (χ2v) is 6.49. The molecule has 0 spiro atoms. The normalized spacial score (nSPS) is 29.4. The van der Waals surface area contributed by atoms with E-state index in [9.17, 15) is 4.79 Å². The first-order valence-corrected chi connectivity index (χ1v) is 7.83. The van der Waals surface area contributed by atoms with Gasteiger partial charge in [-0.25, -0.2) is 0 Å². The SMILES string of the molecule is O=C(NC1CCCCC1Br)C1COc2ccccc21. The summed E-state index contributed by atoms with van der Waals surface area (Å²) in [6, 6.07) is 8.07. The van der Waals surface area contributed by atoms with Crippen LogP contribution in [0.4, 0.5) is 0 Å². The first-order valence-electron chi connectivity index (χ1n) is 6.92. The third-order valence-corrected chi connectivity index (χ3v) is 5.12. The number of carbonyl (C=O) groups excluding carboxylic acids is 1. The van der Waals surface area contributed by atoms with Gasteiger partial charge in [0.05, 0.1) is 0 Å². The Morgan fingerprint density at radius 3 is 2.89 bits per heavy atom. The van der Waals surface area contributed by atoms with E-state index < -0.39 is 0 Å². The Labute approximate surface area is 121 Å². The number of carbonyl (C=O) groups is 1. The minimum absolute atomic E-state index is 0.0984. The van der Waals surface area contributed by atoms with Crippen molar-refractivity contribution >= 4 is 21.8 Å². The van der Waals surface area contributed by atoms with Gasteiger partial charge < -0.3 is 10.1 Å². The number of alkyl halides is 1. The summed E-state index contributed by atoms with van der Waals surface area (Å²) in [6.07, 6.45) is 4.65. The molecule has 102 valence electrons. The average molecular weight is 324 g/mol. The third kappa shape index (κ3) is 2.64. The Kier molecular flexibility index (Phi) is 3.78. The molecule has 1 saturated carbocycles. The number of amides is 1. The molecule has 1 aliphatic carbocycles. The summed E-state index contributed by atoms with van der Waals surface area (Å²) in [4.78, 5) is 12.8. The first kappa shape index (κ1) is 13.0. The van der Waals surface area contributed by atoms with Crippen LogP contribution in [-0.4, -0.2) is 23.4 Å². The van der Waals surface area contributed by atoms with Gasteiger partial charge in [0.2, 0.25) is 5.91 Å². The smallest absolute Gasteiger partial charge is 0.231 e. The summed E-state index contributed by atoms with van der Waals surface area (Å²) in [6.45, 7) is 0.463. The van der Waals surface area contributed by atoms with Crippen LogP contribution in [0.15, 0.2) is 24.3 Å². The molecule has 1 aliphatic heterocycles. The van der Waals surface area contributed by atoms with Gasteiger partial charge in [-0.05, 0) is 18.9 Å². The van der Waals surface area contributed by atoms with Crippen LogP contribution in [0.5, 0.6) is 5.75 Å². The molecule has 1 heterocycles. The molecule has 3 atom stereocenters. The maximum atomic E-state index is 12.4. The fraction of sp³-hybridized carbons (Fsp3) is 0.533. The van der Waals surface area contributed by atoms with Crippen molar-refractivity contribution in [2.45, 2.75) is 42.5 Å². The van der Waals surface area contributed by atoms with Crippen molar-refractivity contribution < 1.29 is 9.53 Å². The maximum Gasteiger partial charge on any atom is 0.231 e. The second kappa shape index (κ2) is 5.53. The van der Waals surface area contributed by atoms with Crippen molar-refractivity contribution in [1.82, 2.24) is 5.32 Å². The summed E-state index contributed by atoms with van der Waals surface area (Å²) in [7, 11) is 0. The topological polar surface area (TPSA) is 38.3 Å². The lowest BCUT2D eigenvalue weighted by Crippen LogP contribution is -2.44. The van der Waals surface area contributed by atoms with E-state index in [0.29, 0.717) is 11.4 Å². The zero-order chi connectivity index (χ0) is 13.2. The molecule has 0 radical (unpaired) electrons. The molecule has 4 heteroatoms. The van der Waals surface area contributed by atoms with Crippen LogP contribution >= 0.6 is 15.9 Å². The number of ether oxygens (including phenoxy) is 1. The van der Waals surface area contributed by atoms with Crippen molar-refractivity contribution in [1.29, 1.82) is 0 Å². The lowest BCUT2D eigenvalue weighted by atomic mass is 9.94. The van der Waals surface area contributed by atoms with Crippen LogP contribution in [0.3, 0.4) is 0 Å². The van der Waals surface area contributed by atoms with Crippen LogP contribution in [0.2, 0.25) is 0 Å². The average Bonchev–Trinajstić information content (AvgIpc) is 2.85. The van der Waals surface area contributed by atoms with E-state index in [1.807, 2.05) is 24.3 Å². The predicted octanol–water partition coefficient (Wildman–Crippen LogP) is 2.98. The monoisotopic (exact) mass is 323 g/mol. The highest BCUT2D eigenvalue weighted by molar-refractivity contribution is 9.09. The highest BCUT2D eigenvalue weighted by Crippen LogP contribution is 2.34. The third-order valence-electron chi connectivity index (χ3n) is 4.03. The van der Waals surface area contributed by atoms with E-state index in [-0.39, 0.29) is 17.9 Å². The molecule has 0 aromatic heterocycles. The molecule has 2 aliphatic rings. The Balaban J connectivity index is 1.68. The maximum absolute atomic E-state index is 12.4. The van der Waals surface area contributed by atoms with Gasteiger partial charge in [0, 0.05) is 16.4 Å². The molecule has 1 aromatic carbocycles. The lowest BCUT2D eigenvalue weighted by molar-refractivity contribution is -0.123. The minimum Gasteiger partial charge on any atom is -0.492 e. The molecular formula is C15H18BrNO2. The first-order chi connectivity index (χ1) is 9.25. The van der Waals surface area contributed by atoms with Gasteiger partial charge in [0.1, 0.15) is 18.3 Å². The zero-order valence-electron chi connectivity index (χ0n) is 10.8. The number of nitrogens with one attached hydrogen (secondary N) is 1. The van der Waals surface area contributed by atoms with Gasteiger partial charge in [-0.2, -0.15) is 0 Å². The molecule has 1 amide bonds. The van der Waals surface area contributed by atoms with E-state index in [2.05, 4.69) is 21.2 Å². The van der Waals surface area contributed by atoms with E-state index in [0.717, 1.165) is 24.2 Å². The van der Waals surface area contributed by atoms with Crippen LogP contribution in [0.25, 0.3) is 0 Å². The van der Waals surface area contributed by atoms with Crippen molar-refractivity contribution in [3.8, 4) is 5.75 Å². The standard InChI is InChI=1S/C15H18BrNO2/c16-12-6-2-3-7-13(12)17-15(18)11-9-19-14-8-4-1-5-10(11)14/h1,4-5,8,11-13H,2-3,6-7,9H2,(H,17,18). The van der Waals surface area contributed by atoms with E-state index >= 15 is 0 Å². The van der Waals surface area contributed by atoms with E-state index in [4.69, 9.17) is 4.74 Å². The number of para-hydroxylation sites is 1. The summed E-state index contributed by atoms with van der Waals surface area (Å²) in [5, 5.41) is 3.19. The Hall–Kier alpha value is -1.03. The quantitative estimate of drug-likeness (QED) is 0.850. The van der Waals surface area contributed by atoms with Gasteiger partial charge in [-0.1, -0.05) is 47.0 Å². The number of halogens is 1. The predicted molar refractivity (Wildman–Crippen MR) is 77.8 cm³/mol. The highest BCUT2D eigenvalue weighted by Gasteiger charge is 2.33. The molecule has 3 unspecified atom stereocenters. The Morgan fingerprint density at radius 1 is 1.26 bits per heavy atom. The van der Waals surface area contributed by atoms with Crippen molar-refractivity contribution in [2.24, 2.45) is 0 Å². The largest absolute Gasteiger partial charge is 0.492 e. The molecular weight excluding hydrogens is 306 g/mol. The zero-order valence-corrected chi connectivity index (χ0v) is 12.4. The summed E-state index contributed by atoms with van der Waals surface area (Å²) >= 11 is 3.68. The molecule has 19 heavy (non-hydrogen) atoms. The number of rotatable bonds is 2. The minimum atomic E-state index is -0.155. The molecule has 1 aromatic rings. The summed E-state index contributed by atoms with van der Waals surface area (Å²) in [5.41, 5.74) is 1.02. The second-order valence-electron chi connectivity index (χ2n) is 5.32. The summed E-state index contributed by atoms with van der Waals surface area (Å²) in [5.74, 6) is 0.792. The van der Waals surface area contributed by atoms with Gasteiger partial charge >= 0.3 is 0 Å². The molecule has 1 fully saturated rings. The molecule has 3 rings (SSSR count). The van der Waals surface area contributed by atoms with Gasteiger partial charge in [-0.3, -0.25) is 4.79 Å². The number of benzene rings is 1. The number of fused-ring (bicyclic) bond motifs is 1. The molecule has 0 saturated heterocycles. The van der Waals surface area contributed by atoms with Crippen LogP contribution in [0, 0.1) is 0 Å². The molecule has 0 bridgehead atoms. The van der Waals surface area contributed by atoms with Gasteiger partial charge in [-0.15, -0.1) is 0 Å². The van der Waals surface area contributed by atoms with E-state index in [1.54, 1.807) is 0 Å². The Bertz CT molecular complexity index is 477. The van der Waals surface area contributed by atoms with Crippen LogP contribution < -0.4 is 10.1 Å². The van der Waals surface area contributed by atoms with Crippen LogP contribution in [0.1, 0.15) is 37.2 Å². The fourth-order valence-electron chi connectivity index (χ4n) is 2.91. The number of hydrogen-bond donors (Lipinski definition) is 1. The fourth-order valence-corrected chi connectivity index (χ4v) is 3.63. The van der Waals surface area contributed by atoms with Crippen molar-refractivity contribution in [2.75, 3.05) is 6.61 Å². The van der Waals surface area contributed by atoms with E-state index in [1.165, 1.54) is 12.8 Å². The summed E-state index contributed by atoms with van der Waals surface area (Å²) < 4.78 is 5.58. The van der Waals surface area contributed by atoms with Crippen molar-refractivity contribution in [3.05, 3.63) is 29.8 Å². The van der Waals surface area contributed by atoms with Crippen molar-refractivity contribution in [3.63, 3.8) is 0 Å². The van der Waals surface area contributed by atoms with Crippen LogP contribution in [-0.2, 0) is 4.79 Å².